The Morgan fingerprint density at radius 3 is 3.00 bits per heavy atom. The fourth-order valence-electron chi connectivity index (χ4n) is 2.46. The number of carbonyl (C=O) groups is 1. The summed E-state index contributed by atoms with van der Waals surface area (Å²) in [6.45, 7) is 3.02. The molecule has 0 spiro atoms. The van der Waals surface area contributed by atoms with Crippen LogP contribution in [-0.4, -0.2) is 31.0 Å². The maximum Gasteiger partial charge on any atom is 0.213 e. The third-order valence-electron chi connectivity index (χ3n) is 3.61. The number of rotatable bonds is 7. The first-order valence-electron chi connectivity index (χ1n) is 7.13. The molecule has 1 aliphatic heterocycles. The number of carbonyl (C=O) groups excluding carboxylic acids is 1. The standard InChI is InChI=1S/C15H22N2O2/c18-12-14-6-9-17-15(11-14)19-10-2-1-3-13-4-7-16-8-5-13/h6,9,11-13,16H,1-5,7-8,10H2. The Kier molecular flexibility index (Phi) is 5.82. The fourth-order valence-corrected chi connectivity index (χ4v) is 2.46. The molecular weight excluding hydrogens is 240 g/mol. The summed E-state index contributed by atoms with van der Waals surface area (Å²) in [5.41, 5.74) is 0.611. The summed E-state index contributed by atoms with van der Waals surface area (Å²) < 4.78 is 5.56. The molecule has 0 aromatic carbocycles. The van der Waals surface area contributed by atoms with Gasteiger partial charge in [-0.3, -0.25) is 4.79 Å². The molecule has 1 aromatic heterocycles. The second-order valence-electron chi connectivity index (χ2n) is 5.08. The minimum absolute atomic E-state index is 0.548. The van der Waals surface area contributed by atoms with Gasteiger partial charge in [0.05, 0.1) is 6.61 Å². The van der Waals surface area contributed by atoms with Gasteiger partial charge in [0.2, 0.25) is 5.88 Å². The van der Waals surface area contributed by atoms with E-state index in [0.717, 1.165) is 18.6 Å². The Morgan fingerprint density at radius 2 is 2.21 bits per heavy atom. The summed E-state index contributed by atoms with van der Waals surface area (Å²) >= 11 is 0. The first kappa shape index (κ1) is 14.0. The van der Waals surface area contributed by atoms with E-state index in [1.807, 2.05) is 0 Å². The predicted molar refractivity (Wildman–Crippen MR) is 74.6 cm³/mol. The van der Waals surface area contributed by atoms with E-state index in [0.29, 0.717) is 18.1 Å². The van der Waals surface area contributed by atoms with E-state index in [-0.39, 0.29) is 0 Å². The Hall–Kier alpha value is -1.42. The van der Waals surface area contributed by atoms with Crippen molar-refractivity contribution in [3.05, 3.63) is 23.9 Å². The van der Waals surface area contributed by atoms with E-state index in [1.165, 1.54) is 38.8 Å². The van der Waals surface area contributed by atoms with Gasteiger partial charge in [-0.15, -0.1) is 0 Å². The molecule has 1 N–H and O–H groups in total. The van der Waals surface area contributed by atoms with Crippen LogP contribution < -0.4 is 10.1 Å². The highest BCUT2D eigenvalue weighted by molar-refractivity contribution is 5.74. The summed E-state index contributed by atoms with van der Waals surface area (Å²) in [6.07, 6.45) is 8.59. The normalized spacial score (nSPS) is 16.2. The lowest BCUT2D eigenvalue weighted by molar-refractivity contribution is 0.112. The number of aldehydes is 1. The highest BCUT2D eigenvalue weighted by atomic mass is 16.5. The van der Waals surface area contributed by atoms with Crippen molar-refractivity contribution in [2.24, 2.45) is 5.92 Å². The molecule has 0 unspecified atom stereocenters. The highest BCUT2D eigenvalue weighted by Gasteiger charge is 2.11. The summed E-state index contributed by atoms with van der Waals surface area (Å²) in [6, 6.07) is 3.36. The monoisotopic (exact) mass is 262 g/mol. The average molecular weight is 262 g/mol. The number of ether oxygens (including phenoxy) is 1. The van der Waals surface area contributed by atoms with E-state index in [9.17, 15) is 4.79 Å². The number of aromatic nitrogens is 1. The minimum atomic E-state index is 0.548. The van der Waals surface area contributed by atoms with E-state index >= 15 is 0 Å². The first-order chi connectivity index (χ1) is 9.38. The van der Waals surface area contributed by atoms with Crippen LogP contribution in [0.2, 0.25) is 0 Å². The van der Waals surface area contributed by atoms with Gasteiger partial charge in [0, 0.05) is 17.8 Å². The lowest BCUT2D eigenvalue weighted by atomic mass is 9.93. The molecule has 0 radical (unpaired) electrons. The number of hydrogen-bond acceptors (Lipinski definition) is 4. The average Bonchev–Trinajstić information content (AvgIpc) is 2.48. The largest absolute Gasteiger partial charge is 0.478 e. The molecule has 0 saturated carbocycles. The van der Waals surface area contributed by atoms with Gasteiger partial charge in [-0.2, -0.15) is 0 Å². The van der Waals surface area contributed by atoms with Crippen molar-refractivity contribution in [3.8, 4) is 5.88 Å². The Labute approximate surface area is 114 Å². The van der Waals surface area contributed by atoms with Gasteiger partial charge in [0.1, 0.15) is 6.29 Å². The Bertz CT molecular complexity index is 389. The van der Waals surface area contributed by atoms with E-state index in [4.69, 9.17) is 4.74 Å². The second-order valence-corrected chi connectivity index (χ2v) is 5.08. The van der Waals surface area contributed by atoms with Gasteiger partial charge in [0.15, 0.2) is 0 Å². The maximum absolute atomic E-state index is 10.6. The maximum atomic E-state index is 10.6. The Morgan fingerprint density at radius 1 is 1.37 bits per heavy atom. The van der Waals surface area contributed by atoms with Gasteiger partial charge in [-0.05, 0) is 50.8 Å². The molecule has 1 aliphatic rings. The van der Waals surface area contributed by atoms with Gasteiger partial charge < -0.3 is 10.1 Å². The van der Waals surface area contributed by atoms with E-state index in [2.05, 4.69) is 10.3 Å². The topological polar surface area (TPSA) is 51.2 Å². The fraction of sp³-hybridized carbons (Fsp3) is 0.600. The molecule has 0 aliphatic carbocycles. The molecule has 1 saturated heterocycles. The third-order valence-corrected chi connectivity index (χ3v) is 3.61. The zero-order valence-electron chi connectivity index (χ0n) is 11.3. The summed E-state index contributed by atoms with van der Waals surface area (Å²) in [4.78, 5) is 14.7. The molecule has 0 amide bonds. The zero-order valence-corrected chi connectivity index (χ0v) is 11.3. The van der Waals surface area contributed by atoms with Crippen LogP contribution >= 0.6 is 0 Å². The smallest absolute Gasteiger partial charge is 0.213 e. The van der Waals surface area contributed by atoms with E-state index in [1.54, 1.807) is 18.3 Å². The predicted octanol–water partition coefficient (Wildman–Crippen LogP) is 2.44. The van der Waals surface area contributed by atoms with Gasteiger partial charge in [0.25, 0.3) is 0 Å². The molecular formula is C15H22N2O2. The molecule has 19 heavy (non-hydrogen) atoms. The van der Waals surface area contributed by atoms with Crippen molar-refractivity contribution in [2.75, 3.05) is 19.7 Å². The van der Waals surface area contributed by atoms with Gasteiger partial charge in [-0.1, -0.05) is 6.42 Å². The van der Waals surface area contributed by atoms with Crippen LogP contribution in [-0.2, 0) is 0 Å². The van der Waals surface area contributed by atoms with Crippen molar-refractivity contribution in [1.29, 1.82) is 0 Å². The van der Waals surface area contributed by atoms with E-state index < -0.39 is 0 Å². The lowest BCUT2D eigenvalue weighted by Gasteiger charge is -2.22. The number of unbranched alkanes of at least 4 members (excludes halogenated alkanes) is 1. The SMILES string of the molecule is O=Cc1ccnc(OCCCCC2CCNCC2)c1. The number of hydrogen-bond donors (Lipinski definition) is 1. The molecule has 1 aromatic rings. The Balaban J connectivity index is 1.59. The van der Waals surface area contributed by atoms with Crippen LogP contribution in [0.5, 0.6) is 5.88 Å². The molecule has 0 atom stereocenters. The number of nitrogens with one attached hydrogen (secondary N) is 1. The number of nitrogens with zero attached hydrogens (tertiary/aromatic N) is 1. The summed E-state index contributed by atoms with van der Waals surface area (Å²) in [7, 11) is 0. The zero-order chi connectivity index (χ0) is 13.3. The summed E-state index contributed by atoms with van der Waals surface area (Å²) in [5, 5.41) is 3.39. The van der Waals surface area contributed by atoms with Crippen LogP contribution in [0.1, 0.15) is 42.5 Å². The molecule has 104 valence electrons. The molecule has 2 rings (SSSR count). The van der Waals surface area contributed by atoms with Crippen molar-refractivity contribution in [3.63, 3.8) is 0 Å². The van der Waals surface area contributed by atoms with Crippen LogP contribution in [0.15, 0.2) is 18.3 Å². The van der Waals surface area contributed by atoms with Crippen LogP contribution in [0.3, 0.4) is 0 Å². The van der Waals surface area contributed by atoms with Crippen molar-refractivity contribution < 1.29 is 9.53 Å². The molecule has 0 bridgehead atoms. The van der Waals surface area contributed by atoms with Gasteiger partial charge >= 0.3 is 0 Å². The highest BCUT2D eigenvalue weighted by Crippen LogP contribution is 2.18. The first-order valence-corrected chi connectivity index (χ1v) is 7.13. The molecule has 1 fully saturated rings. The number of piperidine rings is 1. The quantitative estimate of drug-likeness (QED) is 0.605. The lowest BCUT2D eigenvalue weighted by Crippen LogP contribution is -2.27. The van der Waals surface area contributed by atoms with Crippen molar-refractivity contribution in [1.82, 2.24) is 10.3 Å². The minimum Gasteiger partial charge on any atom is -0.478 e. The van der Waals surface area contributed by atoms with Crippen molar-refractivity contribution in [2.45, 2.75) is 32.1 Å². The molecule has 4 heteroatoms. The molecule has 4 nitrogen and oxygen atoms in total. The van der Waals surface area contributed by atoms with Crippen LogP contribution in [0.25, 0.3) is 0 Å². The second kappa shape index (κ2) is 7.89. The van der Waals surface area contributed by atoms with Crippen LogP contribution in [0.4, 0.5) is 0 Å². The molecule has 2 heterocycles. The van der Waals surface area contributed by atoms with Crippen LogP contribution in [0, 0.1) is 5.92 Å². The van der Waals surface area contributed by atoms with Crippen molar-refractivity contribution >= 4 is 6.29 Å². The van der Waals surface area contributed by atoms with Gasteiger partial charge in [-0.25, -0.2) is 4.98 Å². The summed E-state index contributed by atoms with van der Waals surface area (Å²) in [5.74, 6) is 1.43. The third kappa shape index (κ3) is 4.99. The number of pyridine rings is 1.